The standard InChI is InChI=1S/C16H23N3/c1-2-17-10-15-14(1)9-18-19(15)16-6-11-3-12(7-16)5-13(4-11)8-16/h9,11-13,17H,1-8,10H2. The summed E-state index contributed by atoms with van der Waals surface area (Å²) in [6.45, 7) is 2.16. The zero-order valence-electron chi connectivity index (χ0n) is 11.6. The summed E-state index contributed by atoms with van der Waals surface area (Å²) in [6.07, 6.45) is 12.1. The molecule has 4 saturated carbocycles. The molecule has 0 aromatic carbocycles. The van der Waals surface area contributed by atoms with Crippen LogP contribution in [0.3, 0.4) is 0 Å². The van der Waals surface area contributed by atoms with Crippen molar-refractivity contribution in [3.63, 3.8) is 0 Å². The van der Waals surface area contributed by atoms with E-state index >= 15 is 0 Å². The maximum atomic E-state index is 4.86. The molecule has 4 bridgehead atoms. The molecule has 0 unspecified atom stereocenters. The number of rotatable bonds is 1. The number of hydrogen-bond acceptors (Lipinski definition) is 2. The van der Waals surface area contributed by atoms with Gasteiger partial charge in [-0.05, 0) is 74.8 Å². The number of nitrogens with one attached hydrogen (secondary N) is 1. The van der Waals surface area contributed by atoms with Crippen molar-refractivity contribution >= 4 is 0 Å². The summed E-state index contributed by atoms with van der Waals surface area (Å²) in [6, 6.07) is 0. The lowest BCUT2D eigenvalue weighted by Gasteiger charge is -2.57. The molecule has 0 atom stereocenters. The number of nitrogens with zero attached hydrogens (tertiary/aromatic N) is 2. The lowest BCUT2D eigenvalue weighted by atomic mass is 9.53. The van der Waals surface area contributed by atoms with Crippen molar-refractivity contribution < 1.29 is 0 Å². The Morgan fingerprint density at radius 3 is 2.47 bits per heavy atom. The Bertz CT molecular complexity index is 481. The van der Waals surface area contributed by atoms with E-state index in [0.29, 0.717) is 5.54 Å². The van der Waals surface area contributed by atoms with E-state index in [1.54, 1.807) is 0 Å². The van der Waals surface area contributed by atoms with Crippen LogP contribution in [0, 0.1) is 17.8 Å². The molecular weight excluding hydrogens is 234 g/mol. The largest absolute Gasteiger partial charge is 0.311 e. The zero-order chi connectivity index (χ0) is 12.4. The Morgan fingerprint density at radius 2 is 1.79 bits per heavy atom. The van der Waals surface area contributed by atoms with Gasteiger partial charge in [-0.2, -0.15) is 5.10 Å². The van der Waals surface area contributed by atoms with Gasteiger partial charge in [0.05, 0.1) is 17.4 Å². The lowest BCUT2D eigenvalue weighted by Crippen LogP contribution is -2.53. The minimum Gasteiger partial charge on any atom is -0.311 e. The monoisotopic (exact) mass is 257 g/mol. The van der Waals surface area contributed by atoms with Gasteiger partial charge in [-0.25, -0.2) is 0 Å². The molecule has 19 heavy (non-hydrogen) atoms. The molecule has 0 saturated heterocycles. The highest BCUT2D eigenvalue weighted by Crippen LogP contribution is 2.58. The second-order valence-corrected chi connectivity index (χ2v) is 7.60. The average Bonchev–Trinajstić information content (AvgIpc) is 2.81. The highest BCUT2D eigenvalue weighted by atomic mass is 15.3. The van der Waals surface area contributed by atoms with Crippen molar-refractivity contribution in [3.05, 3.63) is 17.5 Å². The zero-order valence-corrected chi connectivity index (χ0v) is 11.6. The molecule has 1 N–H and O–H groups in total. The van der Waals surface area contributed by atoms with E-state index < -0.39 is 0 Å². The molecule has 3 heteroatoms. The van der Waals surface area contributed by atoms with Gasteiger partial charge in [0, 0.05) is 6.54 Å². The van der Waals surface area contributed by atoms with Crippen LogP contribution >= 0.6 is 0 Å². The molecule has 4 fully saturated rings. The van der Waals surface area contributed by atoms with Crippen LogP contribution in [0.2, 0.25) is 0 Å². The second kappa shape index (κ2) is 3.63. The predicted octanol–water partition coefficient (Wildman–Crippen LogP) is 2.45. The Morgan fingerprint density at radius 1 is 1.11 bits per heavy atom. The topological polar surface area (TPSA) is 29.9 Å². The van der Waals surface area contributed by atoms with Gasteiger partial charge in [0.1, 0.15) is 0 Å². The fraction of sp³-hybridized carbons (Fsp3) is 0.812. The van der Waals surface area contributed by atoms with Crippen LogP contribution in [0.4, 0.5) is 0 Å². The van der Waals surface area contributed by atoms with E-state index in [1.165, 1.54) is 56.2 Å². The third-order valence-electron chi connectivity index (χ3n) is 6.27. The van der Waals surface area contributed by atoms with Gasteiger partial charge >= 0.3 is 0 Å². The maximum absolute atomic E-state index is 4.86. The van der Waals surface area contributed by atoms with Crippen LogP contribution in [0.25, 0.3) is 0 Å². The number of aromatic nitrogens is 2. The summed E-state index contributed by atoms with van der Waals surface area (Å²) in [5, 5.41) is 8.40. The molecule has 5 aliphatic rings. The van der Waals surface area contributed by atoms with Crippen molar-refractivity contribution in [1.29, 1.82) is 0 Å². The molecule has 1 aromatic rings. The van der Waals surface area contributed by atoms with Crippen LogP contribution in [-0.4, -0.2) is 16.3 Å². The number of hydrogen-bond donors (Lipinski definition) is 1. The predicted molar refractivity (Wildman–Crippen MR) is 73.8 cm³/mol. The first-order chi connectivity index (χ1) is 9.32. The lowest BCUT2D eigenvalue weighted by molar-refractivity contribution is -0.0510. The van der Waals surface area contributed by atoms with E-state index in [0.717, 1.165) is 30.8 Å². The fourth-order valence-electron chi connectivity index (χ4n) is 5.97. The Hall–Kier alpha value is -0.830. The van der Waals surface area contributed by atoms with Gasteiger partial charge in [0.25, 0.3) is 0 Å². The first-order valence-corrected chi connectivity index (χ1v) is 8.09. The first-order valence-electron chi connectivity index (χ1n) is 8.09. The SMILES string of the molecule is c1nn(C23CC4CC(CC(C4)C2)C3)c2c1CCNC2. The summed E-state index contributed by atoms with van der Waals surface area (Å²) in [7, 11) is 0. The first kappa shape index (κ1) is 10.9. The van der Waals surface area contributed by atoms with Crippen LogP contribution in [0.5, 0.6) is 0 Å². The van der Waals surface area contributed by atoms with Crippen molar-refractivity contribution in [2.75, 3.05) is 6.54 Å². The summed E-state index contributed by atoms with van der Waals surface area (Å²) < 4.78 is 2.49. The molecule has 3 nitrogen and oxygen atoms in total. The van der Waals surface area contributed by atoms with E-state index in [1.807, 2.05) is 0 Å². The maximum Gasteiger partial charge on any atom is 0.0639 e. The minimum absolute atomic E-state index is 0.404. The highest BCUT2D eigenvalue weighted by molar-refractivity contribution is 5.23. The molecule has 0 radical (unpaired) electrons. The fourth-order valence-corrected chi connectivity index (χ4v) is 5.97. The Labute approximate surface area is 114 Å². The normalized spacial score (nSPS) is 43.5. The average molecular weight is 257 g/mol. The van der Waals surface area contributed by atoms with Gasteiger partial charge in [-0.3, -0.25) is 4.68 Å². The number of fused-ring (bicyclic) bond motifs is 1. The highest BCUT2D eigenvalue weighted by Gasteiger charge is 2.53. The molecular formula is C16H23N3. The third kappa shape index (κ3) is 1.45. The molecule has 0 spiro atoms. The molecule has 0 amide bonds. The van der Waals surface area contributed by atoms with Crippen molar-refractivity contribution in [2.24, 2.45) is 17.8 Å². The quantitative estimate of drug-likeness (QED) is 0.837. The summed E-state index contributed by atoms with van der Waals surface area (Å²) in [5.41, 5.74) is 3.42. The van der Waals surface area contributed by atoms with Crippen molar-refractivity contribution in [2.45, 2.75) is 57.0 Å². The molecule has 4 aliphatic carbocycles. The van der Waals surface area contributed by atoms with Gasteiger partial charge in [-0.1, -0.05) is 0 Å². The van der Waals surface area contributed by atoms with E-state index in [2.05, 4.69) is 16.2 Å². The molecule has 1 aromatic heterocycles. The molecule has 6 rings (SSSR count). The molecule has 1 aliphatic heterocycles. The Balaban J connectivity index is 1.60. The van der Waals surface area contributed by atoms with Crippen molar-refractivity contribution in [1.82, 2.24) is 15.1 Å². The van der Waals surface area contributed by atoms with E-state index in [-0.39, 0.29) is 0 Å². The smallest absolute Gasteiger partial charge is 0.0639 e. The molecule has 102 valence electrons. The second-order valence-electron chi connectivity index (χ2n) is 7.60. The summed E-state index contributed by atoms with van der Waals surface area (Å²) in [5.74, 6) is 3.01. The summed E-state index contributed by atoms with van der Waals surface area (Å²) >= 11 is 0. The van der Waals surface area contributed by atoms with Gasteiger partial charge < -0.3 is 5.32 Å². The van der Waals surface area contributed by atoms with Crippen LogP contribution < -0.4 is 5.32 Å². The van der Waals surface area contributed by atoms with Crippen molar-refractivity contribution in [3.8, 4) is 0 Å². The third-order valence-corrected chi connectivity index (χ3v) is 6.27. The van der Waals surface area contributed by atoms with Crippen LogP contribution in [0.15, 0.2) is 6.20 Å². The van der Waals surface area contributed by atoms with E-state index in [9.17, 15) is 0 Å². The Kier molecular flexibility index (Phi) is 2.08. The van der Waals surface area contributed by atoms with Gasteiger partial charge in [0.2, 0.25) is 0 Å². The van der Waals surface area contributed by atoms with Gasteiger partial charge in [0.15, 0.2) is 0 Å². The van der Waals surface area contributed by atoms with Crippen LogP contribution in [0.1, 0.15) is 49.8 Å². The molecule has 2 heterocycles. The summed E-state index contributed by atoms with van der Waals surface area (Å²) in [4.78, 5) is 0. The van der Waals surface area contributed by atoms with Crippen LogP contribution in [-0.2, 0) is 18.5 Å². The minimum atomic E-state index is 0.404. The van der Waals surface area contributed by atoms with Gasteiger partial charge in [-0.15, -0.1) is 0 Å². The van der Waals surface area contributed by atoms with E-state index in [4.69, 9.17) is 5.10 Å².